The summed E-state index contributed by atoms with van der Waals surface area (Å²) in [5, 5.41) is 5.97. The van der Waals surface area contributed by atoms with Gasteiger partial charge in [0.1, 0.15) is 0 Å². The molecule has 1 fully saturated rings. The predicted molar refractivity (Wildman–Crippen MR) is 58.1 cm³/mol. The van der Waals surface area contributed by atoms with E-state index in [0.29, 0.717) is 5.41 Å². The third-order valence-corrected chi connectivity index (χ3v) is 3.59. The molecule has 2 N–H and O–H groups in total. The molecule has 1 amide bonds. The monoisotopic (exact) mass is 198 g/mol. The van der Waals surface area contributed by atoms with Crippen molar-refractivity contribution in [1.82, 2.24) is 10.6 Å². The first-order chi connectivity index (χ1) is 6.63. The first-order valence-corrected chi connectivity index (χ1v) is 5.58. The van der Waals surface area contributed by atoms with E-state index in [1.807, 2.05) is 6.92 Å². The van der Waals surface area contributed by atoms with E-state index >= 15 is 0 Å². The first-order valence-electron chi connectivity index (χ1n) is 5.58. The van der Waals surface area contributed by atoms with Crippen molar-refractivity contribution in [2.24, 2.45) is 5.41 Å². The van der Waals surface area contributed by atoms with Crippen LogP contribution in [0.3, 0.4) is 0 Å². The molecule has 1 saturated carbocycles. The van der Waals surface area contributed by atoms with Crippen LogP contribution < -0.4 is 10.6 Å². The molecule has 1 aliphatic carbocycles. The molecule has 0 aromatic rings. The molecule has 3 nitrogen and oxygen atoms in total. The zero-order chi connectivity index (χ0) is 10.6. The van der Waals surface area contributed by atoms with Crippen LogP contribution in [0.1, 0.15) is 39.5 Å². The van der Waals surface area contributed by atoms with Crippen LogP contribution in [-0.4, -0.2) is 25.5 Å². The number of hydrogen-bond acceptors (Lipinski definition) is 2. The zero-order valence-electron chi connectivity index (χ0n) is 9.52. The van der Waals surface area contributed by atoms with Crippen LogP contribution in [-0.2, 0) is 4.79 Å². The van der Waals surface area contributed by atoms with E-state index in [-0.39, 0.29) is 11.9 Å². The summed E-state index contributed by atoms with van der Waals surface area (Å²) in [5.74, 6) is 0.0792. The van der Waals surface area contributed by atoms with Gasteiger partial charge < -0.3 is 10.6 Å². The maximum atomic E-state index is 11.2. The standard InChI is InChI=1S/C11H22N2O/c1-4-11(6-5-7-11)8-13-9(2)10(14)12-3/h9,13H,4-8H2,1-3H3,(H,12,14). The molecule has 0 saturated heterocycles. The molecule has 0 radical (unpaired) electrons. The lowest BCUT2D eigenvalue weighted by Crippen LogP contribution is -2.47. The quantitative estimate of drug-likeness (QED) is 0.699. The maximum absolute atomic E-state index is 11.2. The van der Waals surface area contributed by atoms with Gasteiger partial charge in [0.25, 0.3) is 0 Å². The molecule has 0 heterocycles. The number of amides is 1. The average molecular weight is 198 g/mol. The van der Waals surface area contributed by atoms with E-state index in [4.69, 9.17) is 0 Å². The fraction of sp³-hybridized carbons (Fsp3) is 0.909. The van der Waals surface area contributed by atoms with E-state index in [0.717, 1.165) is 6.54 Å². The van der Waals surface area contributed by atoms with Gasteiger partial charge in [0.2, 0.25) is 5.91 Å². The molecule has 82 valence electrons. The second-order valence-corrected chi connectivity index (χ2v) is 4.42. The number of hydrogen-bond donors (Lipinski definition) is 2. The second kappa shape index (κ2) is 4.78. The lowest BCUT2D eigenvalue weighted by atomic mass is 9.67. The Bertz CT molecular complexity index is 194. The minimum atomic E-state index is -0.0657. The van der Waals surface area contributed by atoms with Crippen molar-refractivity contribution in [2.45, 2.75) is 45.6 Å². The smallest absolute Gasteiger partial charge is 0.236 e. The molecule has 0 bridgehead atoms. The van der Waals surface area contributed by atoms with Crippen LogP contribution in [0.25, 0.3) is 0 Å². The molecule has 1 unspecified atom stereocenters. The molecule has 14 heavy (non-hydrogen) atoms. The van der Waals surface area contributed by atoms with Crippen molar-refractivity contribution in [3.8, 4) is 0 Å². The highest BCUT2D eigenvalue weighted by Gasteiger charge is 2.35. The summed E-state index contributed by atoms with van der Waals surface area (Å²) in [7, 11) is 1.68. The number of carbonyl (C=O) groups is 1. The van der Waals surface area contributed by atoms with Crippen LogP contribution in [0.15, 0.2) is 0 Å². The summed E-state index contributed by atoms with van der Waals surface area (Å²) in [5.41, 5.74) is 0.488. The van der Waals surface area contributed by atoms with Crippen LogP contribution in [0, 0.1) is 5.41 Å². The fourth-order valence-corrected chi connectivity index (χ4v) is 2.01. The molecule has 0 aromatic carbocycles. The Morgan fingerprint density at radius 3 is 2.50 bits per heavy atom. The van der Waals surface area contributed by atoms with Gasteiger partial charge in [-0.25, -0.2) is 0 Å². The summed E-state index contributed by atoms with van der Waals surface area (Å²) >= 11 is 0. The zero-order valence-corrected chi connectivity index (χ0v) is 9.52. The summed E-state index contributed by atoms with van der Waals surface area (Å²) in [6, 6.07) is -0.0657. The molecule has 1 atom stereocenters. The number of nitrogens with one attached hydrogen (secondary N) is 2. The summed E-state index contributed by atoms with van der Waals surface area (Å²) in [4.78, 5) is 11.2. The molecule has 1 rings (SSSR count). The van der Waals surface area contributed by atoms with Crippen LogP contribution in [0.5, 0.6) is 0 Å². The van der Waals surface area contributed by atoms with Gasteiger partial charge in [0.05, 0.1) is 6.04 Å². The topological polar surface area (TPSA) is 41.1 Å². The van der Waals surface area contributed by atoms with E-state index in [2.05, 4.69) is 17.6 Å². The number of carbonyl (C=O) groups excluding carboxylic acids is 1. The number of rotatable bonds is 5. The molecule has 3 heteroatoms. The second-order valence-electron chi connectivity index (χ2n) is 4.42. The van der Waals surface area contributed by atoms with E-state index in [9.17, 15) is 4.79 Å². The molecule has 0 aromatic heterocycles. The number of likely N-dealkylation sites (N-methyl/N-ethyl adjacent to an activating group) is 1. The van der Waals surface area contributed by atoms with Gasteiger partial charge in [0, 0.05) is 13.6 Å². The highest BCUT2D eigenvalue weighted by Crippen LogP contribution is 2.43. The lowest BCUT2D eigenvalue weighted by molar-refractivity contribution is -0.122. The van der Waals surface area contributed by atoms with Gasteiger partial charge in [-0.05, 0) is 31.6 Å². The highest BCUT2D eigenvalue weighted by atomic mass is 16.2. The van der Waals surface area contributed by atoms with Gasteiger partial charge in [-0.3, -0.25) is 4.79 Å². The van der Waals surface area contributed by atoms with Crippen LogP contribution >= 0.6 is 0 Å². The third kappa shape index (κ3) is 2.47. The SMILES string of the molecule is CCC1(CNC(C)C(=O)NC)CCC1. The third-order valence-electron chi connectivity index (χ3n) is 3.59. The van der Waals surface area contributed by atoms with Crippen LogP contribution in [0.4, 0.5) is 0 Å². The molecule has 0 aliphatic heterocycles. The van der Waals surface area contributed by atoms with Crippen molar-refractivity contribution in [3.63, 3.8) is 0 Å². The Morgan fingerprint density at radius 2 is 2.14 bits per heavy atom. The largest absolute Gasteiger partial charge is 0.358 e. The van der Waals surface area contributed by atoms with Gasteiger partial charge in [-0.2, -0.15) is 0 Å². The van der Waals surface area contributed by atoms with E-state index in [1.165, 1.54) is 25.7 Å². The van der Waals surface area contributed by atoms with Crippen LogP contribution in [0.2, 0.25) is 0 Å². The van der Waals surface area contributed by atoms with E-state index < -0.39 is 0 Å². The minimum Gasteiger partial charge on any atom is -0.358 e. The summed E-state index contributed by atoms with van der Waals surface area (Å²) in [6.07, 6.45) is 5.21. The fourth-order valence-electron chi connectivity index (χ4n) is 2.01. The summed E-state index contributed by atoms with van der Waals surface area (Å²) < 4.78 is 0. The lowest BCUT2D eigenvalue weighted by Gasteiger charge is -2.42. The van der Waals surface area contributed by atoms with Crippen molar-refractivity contribution in [2.75, 3.05) is 13.6 Å². The van der Waals surface area contributed by atoms with Gasteiger partial charge in [0.15, 0.2) is 0 Å². The Kier molecular flexibility index (Phi) is 3.93. The minimum absolute atomic E-state index is 0.0657. The van der Waals surface area contributed by atoms with Gasteiger partial charge in [-0.15, -0.1) is 0 Å². The van der Waals surface area contributed by atoms with E-state index in [1.54, 1.807) is 7.05 Å². The normalized spacial score (nSPS) is 21.1. The molecule has 0 spiro atoms. The Hall–Kier alpha value is -0.570. The molecular formula is C11H22N2O. The highest BCUT2D eigenvalue weighted by molar-refractivity contribution is 5.80. The maximum Gasteiger partial charge on any atom is 0.236 e. The first kappa shape index (κ1) is 11.5. The Balaban J connectivity index is 2.28. The van der Waals surface area contributed by atoms with Gasteiger partial charge in [-0.1, -0.05) is 13.3 Å². The van der Waals surface area contributed by atoms with Gasteiger partial charge >= 0.3 is 0 Å². The molecule has 1 aliphatic rings. The Labute approximate surface area is 86.6 Å². The Morgan fingerprint density at radius 1 is 1.50 bits per heavy atom. The van der Waals surface area contributed by atoms with Crippen molar-refractivity contribution in [3.05, 3.63) is 0 Å². The van der Waals surface area contributed by atoms with Crippen molar-refractivity contribution >= 4 is 5.91 Å². The van der Waals surface area contributed by atoms with Crippen molar-refractivity contribution < 1.29 is 4.79 Å². The summed E-state index contributed by atoms with van der Waals surface area (Å²) in [6.45, 7) is 5.14. The van der Waals surface area contributed by atoms with Crippen molar-refractivity contribution in [1.29, 1.82) is 0 Å². The average Bonchev–Trinajstić information content (AvgIpc) is 2.15. The predicted octanol–water partition coefficient (Wildman–Crippen LogP) is 1.29. The molecular weight excluding hydrogens is 176 g/mol.